The van der Waals surface area contributed by atoms with Gasteiger partial charge in [0.25, 0.3) is 0 Å². The average molecular weight is 525 g/mol. The molecule has 172 valence electrons. The van der Waals surface area contributed by atoms with Gasteiger partial charge in [0.15, 0.2) is 5.79 Å². The Hall–Kier alpha value is -3.75. The molecule has 0 saturated carbocycles. The molecule has 0 unspecified atom stereocenters. The number of aromatic nitrogens is 2. The zero-order valence-electron chi connectivity index (χ0n) is 19.4. The van der Waals surface area contributed by atoms with Crippen molar-refractivity contribution in [2.75, 3.05) is 14.2 Å². The number of rotatable bonds is 5. The number of ether oxygens (including phenoxy) is 2. The van der Waals surface area contributed by atoms with Crippen molar-refractivity contribution in [2.24, 2.45) is 0 Å². The minimum absolute atomic E-state index is 0.403. The monoisotopic (exact) mass is 524 g/mol. The maximum atomic E-state index is 9.69. The number of benzene rings is 4. The minimum atomic E-state index is -0.732. The molecule has 0 aliphatic heterocycles. The Morgan fingerprint density at radius 1 is 0.914 bits per heavy atom. The highest BCUT2D eigenvalue weighted by atomic mass is 79.9. The maximum Gasteiger partial charge on any atom is 0.168 e. The highest BCUT2D eigenvalue weighted by molar-refractivity contribution is 9.10. The molecule has 5 aromatic rings. The Morgan fingerprint density at radius 2 is 1.57 bits per heavy atom. The summed E-state index contributed by atoms with van der Waals surface area (Å²) in [4.78, 5) is 8.33. The van der Waals surface area contributed by atoms with Crippen molar-refractivity contribution in [1.82, 2.24) is 9.97 Å². The van der Waals surface area contributed by atoms with Crippen molar-refractivity contribution in [3.05, 3.63) is 75.8 Å². The van der Waals surface area contributed by atoms with Gasteiger partial charge in [0.1, 0.15) is 5.82 Å². The van der Waals surface area contributed by atoms with Crippen LogP contribution < -0.4 is 0 Å². The number of methoxy groups -OCH3 is 2. The van der Waals surface area contributed by atoms with Gasteiger partial charge in [-0.2, -0.15) is 10.5 Å². The van der Waals surface area contributed by atoms with E-state index in [-0.39, 0.29) is 0 Å². The SMILES string of the molecule is COC(C)(Cc1ccc2c(c1)c1cc(Br)ccc1c1nc(-c3c(C#N)cccc3C#N)[nH]c21)OC. The highest BCUT2D eigenvalue weighted by Crippen LogP contribution is 2.38. The number of H-pyrrole nitrogens is 1. The molecule has 0 atom stereocenters. The highest BCUT2D eigenvalue weighted by Gasteiger charge is 2.24. The summed E-state index contributed by atoms with van der Waals surface area (Å²) >= 11 is 3.61. The van der Waals surface area contributed by atoms with E-state index in [9.17, 15) is 10.5 Å². The summed E-state index contributed by atoms with van der Waals surface area (Å²) in [5, 5.41) is 23.5. The average Bonchev–Trinajstić information content (AvgIpc) is 3.33. The first-order valence-electron chi connectivity index (χ1n) is 11.0. The van der Waals surface area contributed by atoms with Crippen molar-refractivity contribution >= 4 is 48.5 Å². The van der Waals surface area contributed by atoms with E-state index in [0.717, 1.165) is 42.6 Å². The first kappa shape index (κ1) is 23.0. The third-order valence-electron chi connectivity index (χ3n) is 6.52. The van der Waals surface area contributed by atoms with Crippen molar-refractivity contribution in [3.63, 3.8) is 0 Å². The minimum Gasteiger partial charge on any atom is -0.353 e. The van der Waals surface area contributed by atoms with E-state index in [2.05, 4.69) is 57.3 Å². The van der Waals surface area contributed by atoms with Crippen LogP contribution in [0.5, 0.6) is 0 Å². The summed E-state index contributed by atoms with van der Waals surface area (Å²) in [6, 6.07) is 21.9. The Balaban J connectivity index is 1.84. The lowest BCUT2D eigenvalue weighted by molar-refractivity contribution is -0.191. The van der Waals surface area contributed by atoms with Crippen molar-refractivity contribution < 1.29 is 9.47 Å². The zero-order chi connectivity index (χ0) is 24.7. The second-order valence-electron chi connectivity index (χ2n) is 8.55. The van der Waals surface area contributed by atoms with Crippen LogP contribution in [0.2, 0.25) is 0 Å². The first-order chi connectivity index (χ1) is 16.9. The molecular weight excluding hydrogens is 504 g/mol. The molecule has 0 bridgehead atoms. The van der Waals surface area contributed by atoms with E-state index in [0.29, 0.717) is 28.9 Å². The van der Waals surface area contributed by atoms with Crippen LogP contribution in [0.25, 0.3) is 44.0 Å². The van der Waals surface area contributed by atoms with Gasteiger partial charge in [-0.05, 0) is 47.5 Å². The number of hydrogen-bond donors (Lipinski definition) is 1. The molecule has 1 N–H and O–H groups in total. The van der Waals surface area contributed by atoms with Gasteiger partial charge in [0.2, 0.25) is 0 Å². The molecule has 0 fully saturated rings. The van der Waals surface area contributed by atoms with Crippen molar-refractivity contribution in [1.29, 1.82) is 10.5 Å². The zero-order valence-corrected chi connectivity index (χ0v) is 21.0. The Kier molecular flexibility index (Phi) is 5.78. The summed E-state index contributed by atoms with van der Waals surface area (Å²) in [5.41, 5.74) is 4.04. The van der Waals surface area contributed by atoms with Crippen LogP contribution >= 0.6 is 15.9 Å². The van der Waals surface area contributed by atoms with Crippen molar-refractivity contribution in [2.45, 2.75) is 19.1 Å². The van der Waals surface area contributed by atoms with Gasteiger partial charge < -0.3 is 14.5 Å². The molecule has 0 saturated heterocycles. The van der Waals surface area contributed by atoms with Gasteiger partial charge in [-0.15, -0.1) is 0 Å². The fourth-order valence-electron chi connectivity index (χ4n) is 4.56. The van der Waals surface area contributed by atoms with E-state index in [1.807, 2.05) is 19.1 Å². The Bertz CT molecular complexity index is 1670. The Labute approximate surface area is 210 Å². The summed E-state index contributed by atoms with van der Waals surface area (Å²) in [7, 11) is 3.28. The molecule has 0 spiro atoms. The lowest BCUT2D eigenvalue weighted by Gasteiger charge is -2.26. The van der Waals surface area contributed by atoms with E-state index >= 15 is 0 Å². The molecule has 5 rings (SSSR count). The molecule has 6 nitrogen and oxygen atoms in total. The molecule has 0 aliphatic rings. The fourth-order valence-corrected chi connectivity index (χ4v) is 4.92. The van der Waals surface area contributed by atoms with Crippen LogP contribution in [-0.4, -0.2) is 30.0 Å². The Morgan fingerprint density at radius 3 is 2.23 bits per heavy atom. The number of fused-ring (bicyclic) bond motifs is 6. The molecule has 4 aromatic carbocycles. The molecule has 1 heterocycles. The molecule has 0 radical (unpaired) electrons. The van der Waals surface area contributed by atoms with E-state index in [1.54, 1.807) is 32.4 Å². The number of nitrogens with zero attached hydrogens (tertiary/aromatic N) is 3. The number of imidazole rings is 1. The smallest absolute Gasteiger partial charge is 0.168 e. The summed E-state index contributed by atoms with van der Waals surface area (Å²) in [6.07, 6.45) is 0.582. The van der Waals surface area contributed by atoms with Crippen LogP contribution in [0.15, 0.2) is 59.1 Å². The van der Waals surface area contributed by atoms with Gasteiger partial charge in [0.05, 0.1) is 39.9 Å². The summed E-state index contributed by atoms with van der Waals surface area (Å²) in [5.74, 6) is -0.231. The second kappa shape index (κ2) is 8.79. The molecule has 7 heteroatoms. The topological polar surface area (TPSA) is 94.7 Å². The van der Waals surface area contributed by atoms with Gasteiger partial charge >= 0.3 is 0 Å². The van der Waals surface area contributed by atoms with Gasteiger partial charge in [0, 0.05) is 35.9 Å². The number of halogens is 1. The van der Waals surface area contributed by atoms with E-state index < -0.39 is 5.79 Å². The lowest BCUT2D eigenvalue weighted by atomic mass is 9.96. The predicted octanol–water partition coefficient (Wildman–Crippen LogP) is 6.59. The van der Waals surface area contributed by atoms with E-state index in [4.69, 9.17) is 14.5 Å². The van der Waals surface area contributed by atoms with Crippen LogP contribution in [0.3, 0.4) is 0 Å². The van der Waals surface area contributed by atoms with E-state index in [1.165, 1.54) is 0 Å². The normalized spacial score (nSPS) is 11.7. The number of hydrogen-bond acceptors (Lipinski definition) is 5. The molecule has 0 amide bonds. The molecule has 1 aromatic heterocycles. The summed E-state index contributed by atoms with van der Waals surface area (Å²) < 4.78 is 12.1. The first-order valence-corrected chi connectivity index (χ1v) is 11.8. The van der Waals surface area contributed by atoms with Crippen LogP contribution in [0.4, 0.5) is 0 Å². The number of nitrogens with one attached hydrogen (secondary N) is 1. The van der Waals surface area contributed by atoms with Crippen LogP contribution in [-0.2, 0) is 15.9 Å². The van der Waals surface area contributed by atoms with Gasteiger partial charge in [-0.25, -0.2) is 4.98 Å². The third kappa shape index (κ3) is 3.84. The fraction of sp³-hybridized carbons (Fsp3) is 0.179. The maximum absolute atomic E-state index is 9.69. The van der Waals surface area contributed by atoms with Crippen LogP contribution in [0.1, 0.15) is 23.6 Å². The predicted molar refractivity (Wildman–Crippen MR) is 140 cm³/mol. The molecule has 0 aliphatic carbocycles. The molecular formula is C28H21BrN4O2. The molecule has 35 heavy (non-hydrogen) atoms. The quantitative estimate of drug-likeness (QED) is 0.206. The summed E-state index contributed by atoms with van der Waals surface area (Å²) in [6.45, 7) is 1.91. The lowest BCUT2D eigenvalue weighted by Crippen LogP contribution is -2.32. The van der Waals surface area contributed by atoms with Crippen molar-refractivity contribution in [3.8, 4) is 23.5 Å². The number of nitriles is 2. The standard InChI is InChI=1S/C28H21BrN4O2/c1-28(34-2,35-3)13-16-7-9-20-22(11-16)23-12-19(29)8-10-21(23)26-25(20)32-27(33-26)24-17(14-30)5-4-6-18(24)15-31/h4-12H,13H2,1-3H3,(H,32,33). The van der Waals surface area contributed by atoms with Gasteiger partial charge in [-0.1, -0.05) is 46.3 Å². The second-order valence-corrected chi connectivity index (χ2v) is 9.47. The third-order valence-corrected chi connectivity index (χ3v) is 7.01. The van der Waals surface area contributed by atoms with Crippen LogP contribution in [0, 0.1) is 22.7 Å². The largest absolute Gasteiger partial charge is 0.353 e. The number of aromatic amines is 1. The van der Waals surface area contributed by atoms with Gasteiger partial charge in [-0.3, -0.25) is 0 Å².